The van der Waals surface area contributed by atoms with Gasteiger partial charge in [0.15, 0.2) is 11.6 Å². The molecule has 0 spiro atoms. The van der Waals surface area contributed by atoms with Crippen LogP contribution in [0, 0.1) is 5.82 Å². The van der Waals surface area contributed by atoms with Crippen molar-refractivity contribution in [3.63, 3.8) is 0 Å². The fourth-order valence-electron chi connectivity index (χ4n) is 1.66. The fourth-order valence-corrected chi connectivity index (χ4v) is 2.25. The molecule has 1 nitrogen and oxygen atoms in total. The maximum absolute atomic E-state index is 13.6. The standard InChI is InChI=1S/C13H6Cl3F3O/c14-8-4-6(5-9(15)11(8)16)7-2-1-3-10(17)12(7)20-13(18)19/h1-5,13H. The van der Waals surface area contributed by atoms with Crippen LogP contribution in [0.15, 0.2) is 30.3 Å². The van der Waals surface area contributed by atoms with Crippen molar-refractivity contribution in [2.24, 2.45) is 0 Å². The molecular formula is C13H6Cl3F3O. The Morgan fingerprint density at radius 1 is 1.00 bits per heavy atom. The third-order valence-corrected chi connectivity index (χ3v) is 3.67. The van der Waals surface area contributed by atoms with E-state index in [9.17, 15) is 13.2 Å². The first-order valence-corrected chi connectivity index (χ1v) is 6.41. The molecule has 0 bridgehead atoms. The summed E-state index contributed by atoms with van der Waals surface area (Å²) in [7, 11) is 0. The minimum atomic E-state index is -3.15. The van der Waals surface area contributed by atoms with Gasteiger partial charge in [-0.25, -0.2) is 4.39 Å². The van der Waals surface area contributed by atoms with Gasteiger partial charge in [-0.2, -0.15) is 8.78 Å². The van der Waals surface area contributed by atoms with Crippen molar-refractivity contribution in [2.75, 3.05) is 0 Å². The average Bonchev–Trinajstić information content (AvgIpc) is 2.37. The summed E-state index contributed by atoms with van der Waals surface area (Å²) in [4.78, 5) is 0. The zero-order valence-corrected chi connectivity index (χ0v) is 11.9. The van der Waals surface area contributed by atoms with E-state index in [4.69, 9.17) is 34.8 Å². The normalized spacial score (nSPS) is 10.9. The lowest BCUT2D eigenvalue weighted by Crippen LogP contribution is -2.05. The molecular weight excluding hydrogens is 335 g/mol. The van der Waals surface area contributed by atoms with Gasteiger partial charge in [0.2, 0.25) is 0 Å². The van der Waals surface area contributed by atoms with E-state index in [1.54, 1.807) is 0 Å². The van der Waals surface area contributed by atoms with E-state index in [0.717, 1.165) is 6.07 Å². The van der Waals surface area contributed by atoms with Crippen LogP contribution < -0.4 is 4.74 Å². The Labute approximate surface area is 127 Å². The van der Waals surface area contributed by atoms with Crippen molar-refractivity contribution >= 4 is 34.8 Å². The Bertz CT molecular complexity index is 624. The van der Waals surface area contributed by atoms with E-state index in [2.05, 4.69) is 4.74 Å². The summed E-state index contributed by atoms with van der Waals surface area (Å²) in [6.45, 7) is -3.15. The van der Waals surface area contributed by atoms with Gasteiger partial charge in [0, 0.05) is 5.56 Å². The molecule has 0 heterocycles. The highest BCUT2D eigenvalue weighted by Crippen LogP contribution is 2.39. The Kier molecular flexibility index (Phi) is 4.68. The zero-order valence-electron chi connectivity index (χ0n) is 9.64. The molecule has 0 amide bonds. The molecule has 2 rings (SSSR count). The highest BCUT2D eigenvalue weighted by Gasteiger charge is 2.17. The van der Waals surface area contributed by atoms with Crippen molar-refractivity contribution in [1.82, 2.24) is 0 Å². The number of rotatable bonds is 3. The quantitative estimate of drug-likeness (QED) is 0.617. The van der Waals surface area contributed by atoms with Crippen molar-refractivity contribution in [3.05, 3.63) is 51.2 Å². The predicted octanol–water partition coefficient (Wildman–Crippen LogP) is 6.05. The van der Waals surface area contributed by atoms with Crippen LogP contribution in [-0.4, -0.2) is 6.61 Å². The molecule has 0 saturated heterocycles. The van der Waals surface area contributed by atoms with Gasteiger partial charge in [-0.15, -0.1) is 0 Å². The molecule has 0 aliphatic carbocycles. The zero-order chi connectivity index (χ0) is 14.9. The lowest BCUT2D eigenvalue weighted by Gasteiger charge is -2.12. The second-order valence-corrected chi connectivity index (χ2v) is 4.94. The molecule has 0 saturated carbocycles. The highest BCUT2D eigenvalue weighted by atomic mass is 35.5. The van der Waals surface area contributed by atoms with Crippen molar-refractivity contribution in [3.8, 4) is 16.9 Å². The van der Waals surface area contributed by atoms with Crippen LogP contribution in [0.5, 0.6) is 5.75 Å². The Hall–Kier alpha value is -1.10. The molecule has 7 heteroatoms. The summed E-state index contributed by atoms with van der Waals surface area (Å²) in [5, 5.41) is 0.382. The molecule has 0 aromatic heterocycles. The summed E-state index contributed by atoms with van der Waals surface area (Å²) >= 11 is 17.5. The van der Waals surface area contributed by atoms with Crippen LogP contribution >= 0.6 is 34.8 Å². The number of halogens is 6. The van der Waals surface area contributed by atoms with E-state index >= 15 is 0 Å². The minimum Gasteiger partial charge on any atom is -0.431 e. The number of alkyl halides is 2. The maximum Gasteiger partial charge on any atom is 0.387 e. The van der Waals surface area contributed by atoms with E-state index < -0.39 is 18.2 Å². The van der Waals surface area contributed by atoms with E-state index in [1.807, 2.05) is 0 Å². The minimum absolute atomic E-state index is 0.103. The molecule has 0 aliphatic rings. The van der Waals surface area contributed by atoms with Crippen LogP contribution in [0.3, 0.4) is 0 Å². The van der Waals surface area contributed by atoms with Gasteiger partial charge in [0.05, 0.1) is 15.1 Å². The van der Waals surface area contributed by atoms with Crippen LogP contribution in [0.1, 0.15) is 0 Å². The summed E-state index contributed by atoms with van der Waals surface area (Å²) in [6.07, 6.45) is 0. The van der Waals surface area contributed by atoms with Crippen LogP contribution in [0.4, 0.5) is 13.2 Å². The maximum atomic E-state index is 13.6. The van der Waals surface area contributed by atoms with Gasteiger partial charge in [0.25, 0.3) is 0 Å². The molecule has 0 fully saturated rings. The van der Waals surface area contributed by atoms with Crippen LogP contribution in [-0.2, 0) is 0 Å². The molecule has 0 unspecified atom stereocenters. The highest BCUT2D eigenvalue weighted by molar-refractivity contribution is 6.48. The van der Waals surface area contributed by atoms with Crippen molar-refractivity contribution in [1.29, 1.82) is 0 Å². The fraction of sp³-hybridized carbons (Fsp3) is 0.0769. The topological polar surface area (TPSA) is 9.23 Å². The predicted molar refractivity (Wildman–Crippen MR) is 73.5 cm³/mol. The third kappa shape index (κ3) is 3.14. The van der Waals surface area contributed by atoms with Crippen molar-refractivity contribution in [2.45, 2.75) is 6.61 Å². The molecule has 0 N–H and O–H groups in total. The van der Waals surface area contributed by atoms with E-state index in [1.165, 1.54) is 24.3 Å². The molecule has 2 aromatic rings. The SMILES string of the molecule is Fc1cccc(-c2cc(Cl)c(Cl)c(Cl)c2)c1OC(F)F. The van der Waals surface area contributed by atoms with Gasteiger partial charge in [0.1, 0.15) is 0 Å². The van der Waals surface area contributed by atoms with Crippen LogP contribution in [0.2, 0.25) is 15.1 Å². The smallest absolute Gasteiger partial charge is 0.387 e. The summed E-state index contributed by atoms with van der Waals surface area (Å²) in [6, 6.07) is 6.57. The second-order valence-electron chi connectivity index (χ2n) is 3.75. The lowest BCUT2D eigenvalue weighted by molar-refractivity contribution is -0.0517. The number of hydrogen-bond acceptors (Lipinski definition) is 1. The number of benzene rings is 2. The molecule has 0 aliphatic heterocycles. The summed E-state index contributed by atoms with van der Waals surface area (Å²) in [5.41, 5.74) is 0.422. The Morgan fingerprint density at radius 3 is 2.15 bits per heavy atom. The lowest BCUT2D eigenvalue weighted by atomic mass is 10.0. The van der Waals surface area contributed by atoms with Gasteiger partial charge in [-0.1, -0.05) is 46.9 Å². The van der Waals surface area contributed by atoms with Gasteiger partial charge in [-0.3, -0.25) is 0 Å². The third-order valence-electron chi connectivity index (χ3n) is 2.47. The number of ether oxygens (including phenoxy) is 1. The van der Waals surface area contributed by atoms with Gasteiger partial charge >= 0.3 is 6.61 Å². The average molecular weight is 342 g/mol. The first kappa shape index (κ1) is 15.3. The summed E-state index contributed by atoms with van der Waals surface area (Å²) in [5.74, 6) is -1.48. The largest absolute Gasteiger partial charge is 0.431 e. The van der Waals surface area contributed by atoms with Gasteiger partial charge < -0.3 is 4.74 Å². The van der Waals surface area contributed by atoms with E-state index in [-0.39, 0.29) is 20.6 Å². The monoisotopic (exact) mass is 340 g/mol. The van der Waals surface area contributed by atoms with Crippen LogP contribution in [0.25, 0.3) is 11.1 Å². The number of para-hydroxylation sites is 1. The van der Waals surface area contributed by atoms with Gasteiger partial charge in [-0.05, 0) is 23.8 Å². The molecule has 106 valence electrons. The first-order chi connectivity index (χ1) is 9.40. The number of hydrogen-bond donors (Lipinski definition) is 0. The molecule has 0 atom stereocenters. The Balaban J connectivity index is 2.61. The Morgan fingerprint density at radius 2 is 1.60 bits per heavy atom. The summed E-state index contributed by atoms with van der Waals surface area (Å²) < 4.78 is 42.6. The molecule has 2 aromatic carbocycles. The van der Waals surface area contributed by atoms with E-state index in [0.29, 0.717) is 5.56 Å². The first-order valence-electron chi connectivity index (χ1n) is 5.28. The second kappa shape index (κ2) is 6.12. The molecule has 20 heavy (non-hydrogen) atoms. The van der Waals surface area contributed by atoms with Crippen molar-refractivity contribution < 1.29 is 17.9 Å². The molecule has 0 radical (unpaired) electrons.